The number of rotatable bonds is 5. The van der Waals surface area contributed by atoms with Gasteiger partial charge in [0.2, 0.25) is 11.8 Å². The molecule has 148 valence electrons. The van der Waals surface area contributed by atoms with E-state index in [1.165, 1.54) is 10.4 Å². The van der Waals surface area contributed by atoms with Crippen LogP contribution in [-0.2, 0) is 16.0 Å². The molecule has 0 N–H and O–H groups in total. The van der Waals surface area contributed by atoms with Gasteiger partial charge in [0.05, 0.1) is 5.41 Å². The summed E-state index contributed by atoms with van der Waals surface area (Å²) in [6.07, 6.45) is 4.43. The van der Waals surface area contributed by atoms with Crippen LogP contribution in [0.1, 0.15) is 31.2 Å². The van der Waals surface area contributed by atoms with Crippen molar-refractivity contribution >= 4 is 23.2 Å². The number of thiophene rings is 1. The molecule has 2 fully saturated rings. The molecule has 1 aromatic heterocycles. The fraction of sp³-hybridized carbons (Fsp3) is 0.478. The second kappa shape index (κ2) is 7.70. The summed E-state index contributed by atoms with van der Waals surface area (Å²) in [6, 6.07) is 12.8. The molecule has 0 spiro atoms. The highest BCUT2D eigenvalue weighted by Crippen LogP contribution is 2.39. The van der Waals surface area contributed by atoms with Gasteiger partial charge in [0.1, 0.15) is 0 Å². The number of carbonyl (C=O) groups is 2. The van der Waals surface area contributed by atoms with Crippen molar-refractivity contribution in [2.24, 2.45) is 11.3 Å². The second-order valence-corrected chi connectivity index (χ2v) is 9.42. The topological polar surface area (TPSA) is 40.6 Å². The molecule has 0 bridgehead atoms. The first-order chi connectivity index (χ1) is 13.5. The van der Waals surface area contributed by atoms with E-state index < -0.39 is 5.41 Å². The monoisotopic (exact) mass is 396 g/mol. The fourth-order valence-corrected chi connectivity index (χ4v) is 5.13. The van der Waals surface area contributed by atoms with Gasteiger partial charge < -0.3 is 9.80 Å². The zero-order valence-corrected chi connectivity index (χ0v) is 17.5. The minimum Gasteiger partial charge on any atom is -0.348 e. The van der Waals surface area contributed by atoms with Gasteiger partial charge in [0.15, 0.2) is 0 Å². The lowest BCUT2D eigenvalue weighted by Gasteiger charge is -2.43. The van der Waals surface area contributed by atoms with Gasteiger partial charge in [-0.3, -0.25) is 9.59 Å². The highest BCUT2D eigenvalue weighted by atomic mass is 32.1. The smallest absolute Gasteiger partial charge is 0.230 e. The molecule has 2 heterocycles. The standard InChI is InChI=1S/C23H28N2O2S/c1-24(2)22(27)23(12-4-13-25(16-23)21(26)19-10-11-19)15-17-6-8-18(9-7-17)20-5-3-14-28-20/h3,5-9,14,19H,4,10-13,15-16H2,1-2H3/t23-/m1/s1. The third-order valence-corrected chi connectivity index (χ3v) is 6.90. The van der Waals surface area contributed by atoms with Crippen LogP contribution in [0.25, 0.3) is 10.4 Å². The van der Waals surface area contributed by atoms with Crippen molar-refractivity contribution in [2.45, 2.75) is 32.1 Å². The third-order valence-electron chi connectivity index (χ3n) is 5.98. The van der Waals surface area contributed by atoms with Crippen molar-refractivity contribution in [1.29, 1.82) is 0 Å². The van der Waals surface area contributed by atoms with E-state index >= 15 is 0 Å². The van der Waals surface area contributed by atoms with Crippen molar-refractivity contribution in [2.75, 3.05) is 27.2 Å². The van der Waals surface area contributed by atoms with Crippen molar-refractivity contribution in [1.82, 2.24) is 9.80 Å². The van der Waals surface area contributed by atoms with Gasteiger partial charge in [0.25, 0.3) is 0 Å². The van der Waals surface area contributed by atoms with E-state index in [0.717, 1.165) is 37.8 Å². The van der Waals surface area contributed by atoms with E-state index in [2.05, 4.69) is 41.8 Å². The molecule has 0 radical (unpaired) electrons. The Balaban J connectivity index is 1.57. The van der Waals surface area contributed by atoms with E-state index in [1.807, 2.05) is 19.0 Å². The summed E-state index contributed by atoms with van der Waals surface area (Å²) in [5, 5.41) is 2.08. The molecule has 5 heteroatoms. The van der Waals surface area contributed by atoms with Gasteiger partial charge in [0, 0.05) is 38.0 Å². The summed E-state index contributed by atoms with van der Waals surface area (Å²) in [5.41, 5.74) is 1.86. The van der Waals surface area contributed by atoms with Crippen molar-refractivity contribution in [3.05, 3.63) is 47.3 Å². The van der Waals surface area contributed by atoms with Crippen LogP contribution in [0.3, 0.4) is 0 Å². The summed E-state index contributed by atoms with van der Waals surface area (Å²) in [4.78, 5) is 30.8. The Morgan fingerprint density at radius 2 is 1.93 bits per heavy atom. The number of hydrogen-bond acceptors (Lipinski definition) is 3. The maximum absolute atomic E-state index is 13.2. The van der Waals surface area contributed by atoms with Crippen molar-refractivity contribution in [3.8, 4) is 10.4 Å². The lowest BCUT2D eigenvalue weighted by Crippen LogP contribution is -2.54. The molecule has 1 saturated carbocycles. The minimum absolute atomic E-state index is 0.142. The van der Waals surface area contributed by atoms with Crippen LogP contribution in [0.5, 0.6) is 0 Å². The highest BCUT2D eigenvalue weighted by molar-refractivity contribution is 7.13. The third kappa shape index (κ3) is 3.86. The Kier molecular flexibility index (Phi) is 5.28. The van der Waals surface area contributed by atoms with Crippen LogP contribution >= 0.6 is 11.3 Å². The van der Waals surface area contributed by atoms with Gasteiger partial charge in [-0.25, -0.2) is 0 Å². The second-order valence-electron chi connectivity index (χ2n) is 8.47. The molecule has 1 saturated heterocycles. The van der Waals surface area contributed by atoms with Gasteiger partial charge >= 0.3 is 0 Å². The maximum Gasteiger partial charge on any atom is 0.230 e. The van der Waals surface area contributed by atoms with E-state index in [4.69, 9.17) is 0 Å². The number of nitrogens with zero attached hydrogens (tertiary/aromatic N) is 2. The molecule has 2 aliphatic rings. The van der Waals surface area contributed by atoms with Crippen molar-refractivity contribution < 1.29 is 9.59 Å². The van der Waals surface area contributed by atoms with Gasteiger partial charge in [-0.05, 0) is 54.7 Å². The van der Waals surface area contributed by atoms with Crippen molar-refractivity contribution in [3.63, 3.8) is 0 Å². The number of amides is 2. The average molecular weight is 397 g/mol. The van der Waals surface area contributed by atoms with Crippen LogP contribution in [0, 0.1) is 11.3 Å². The maximum atomic E-state index is 13.2. The quantitative estimate of drug-likeness (QED) is 0.765. The van der Waals surface area contributed by atoms with Gasteiger partial charge in [-0.2, -0.15) is 0 Å². The molecule has 0 unspecified atom stereocenters. The highest BCUT2D eigenvalue weighted by Gasteiger charge is 2.46. The Labute approximate surface area is 171 Å². The summed E-state index contributed by atoms with van der Waals surface area (Å²) in [6.45, 7) is 1.33. The van der Waals surface area contributed by atoms with Gasteiger partial charge in [-0.1, -0.05) is 30.3 Å². The first kappa shape index (κ1) is 19.2. The first-order valence-corrected chi connectivity index (χ1v) is 11.0. The molecular weight excluding hydrogens is 368 g/mol. The molecule has 4 nitrogen and oxygen atoms in total. The van der Waals surface area contributed by atoms with E-state index in [-0.39, 0.29) is 17.7 Å². The van der Waals surface area contributed by atoms with Crippen LogP contribution in [0.4, 0.5) is 0 Å². The molecule has 1 aliphatic heterocycles. The predicted octanol–water partition coefficient (Wildman–Crippen LogP) is 4.06. The van der Waals surface area contributed by atoms with Gasteiger partial charge in [-0.15, -0.1) is 11.3 Å². The summed E-state index contributed by atoms with van der Waals surface area (Å²) >= 11 is 1.73. The van der Waals surface area contributed by atoms with E-state index in [9.17, 15) is 9.59 Å². The zero-order valence-electron chi connectivity index (χ0n) is 16.7. The fourth-order valence-electron chi connectivity index (χ4n) is 4.40. The Morgan fingerprint density at radius 3 is 2.54 bits per heavy atom. The molecule has 2 amide bonds. The average Bonchev–Trinajstić information content (AvgIpc) is 3.41. The van der Waals surface area contributed by atoms with E-state index in [1.54, 1.807) is 16.2 Å². The predicted molar refractivity (Wildman–Crippen MR) is 113 cm³/mol. The summed E-state index contributed by atoms with van der Waals surface area (Å²) in [5.74, 6) is 0.599. The lowest BCUT2D eigenvalue weighted by molar-refractivity contribution is -0.147. The molecule has 4 rings (SSSR count). The molecular formula is C23H28N2O2S. The molecule has 2 aromatic rings. The summed E-state index contributed by atoms with van der Waals surface area (Å²) < 4.78 is 0. The number of carbonyl (C=O) groups excluding carboxylic acids is 2. The molecule has 1 aromatic carbocycles. The normalized spacial score (nSPS) is 22.1. The number of hydrogen-bond donors (Lipinski definition) is 0. The zero-order chi connectivity index (χ0) is 19.7. The Morgan fingerprint density at radius 1 is 1.18 bits per heavy atom. The molecule has 28 heavy (non-hydrogen) atoms. The Hall–Kier alpha value is -2.14. The SMILES string of the molecule is CN(C)C(=O)[C@@]1(Cc2ccc(-c3cccs3)cc2)CCCN(C(=O)C2CC2)C1. The lowest BCUT2D eigenvalue weighted by atomic mass is 9.73. The van der Waals surface area contributed by atoms with Crippen LogP contribution in [0.2, 0.25) is 0 Å². The van der Waals surface area contributed by atoms with Crippen LogP contribution in [-0.4, -0.2) is 48.8 Å². The molecule has 1 atom stereocenters. The minimum atomic E-state index is -0.517. The number of likely N-dealkylation sites (tertiary alicyclic amines) is 1. The molecule has 1 aliphatic carbocycles. The summed E-state index contributed by atoms with van der Waals surface area (Å²) in [7, 11) is 3.65. The largest absolute Gasteiger partial charge is 0.348 e. The van der Waals surface area contributed by atoms with Crippen LogP contribution < -0.4 is 0 Å². The number of benzene rings is 1. The van der Waals surface area contributed by atoms with E-state index in [0.29, 0.717) is 13.0 Å². The van der Waals surface area contributed by atoms with Crippen LogP contribution in [0.15, 0.2) is 41.8 Å². The number of piperidine rings is 1. The first-order valence-electron chi connectivity index (χ1n) is 10.1. The Bertz CT molecular complexity index is 840.